The molecular weight excluding hydrogens is 292 g/mol. The van der Waals surface area contributed by atoms with E-state index < -0.39 is 0 Å². The van der Waals surface area contributed by atoms with Crippen molar-refractivity contribution in [2.24, 2.45) is 7.05 Å². The molecule has 0 bridgehead atoms. The average Bonchev–Trinajstić information content (AvgIpc) is 2.85. The number of benzene rings is 1. The predicted molar refractivity (Wildman–Crippen MR) is 89.3 cm³/mol. The third-order valence-corrected chi connectivity index (χ3v) is 3.90. The number of para-hydroxylation sites is 1. The number of aromatic nitrogens is 2. The van der Waals surface area contributed by atoms with E-state index in [9.17, 15) is 4.79 Å². The van der Waals surface area contributed by atoms with Crippen LogP contribution in [0.15, 0.2) is 36.5 Å². The van der Waals surface area contributed by atoms with Crippen LogP contribution in [-0.4, -0.2) is 28.0 Å². The van der Waals surface area contributed by atoms with Gasteiger partial charge in [-0.25, -0.2) is 4.79 Å². The van der Waals surface area contributed by atoms with E-state index in [1.54, 1.807) is 10.9 Å². The molecule has 0 saturated carbocycles. The number of rotatable bonds is 6. The van der Waals surface area contributed by atoms with Crippen LogP contribution < -0.4 is 15.4 Å². The number of carbonyl (C=O) groups excluding carboxylic acids is 1. The van der Waals surface area contributed by atoms with Crippen molar-refractivity contribution in [2.75, 3.05) is 0 Å². The van der Waals surface area contributed by atoms with Gasteiger partial charge in [0.1, 0.15) is 11.9 Å². The lowest BCUT2D eigenvalue weighted by molar-refractivity contribution is 0.175. The highest BCUT2D eigenvalue weighted by molar-refractivity contribution is 5.74. The Morgan fingerprint density at radius 1 is 1.30 bits per heavy atom. The summed E-state index contributed by atoms with van der Waals surface area (Å²) in [5.74, 6) is 0.792. The van der Waals surface area contributed by atoms with Gasteiger partial charge in [-0.15, -0.1) is 0 Å². The molecule has 2 atom stereocenters. The molecule has 124 valence electrons. The fourth-order valence-electron chi connectivity index (χ4n) is 2.08. The fourth-order valence-corrected chi connectivity index (χ4v) is 2.08. The Hall–Kier alpha value is -2.50. The Morgan fingerprint density at radius 3 is 2.61 bits per heavy atom. The highest BCUT2D eigenvalue weighted by atomic mass is 16.5. The fraction of sp³-hybridized carbons (Fsp3) is 0.412. The first kappa shape index (κ1) is 16.9. The van der Waals surface area contributed by atoms with Crippen LogP contribution in [0.2, 0.25) is 0 Å². The van der Waals surface area contributed by atoms with E-state index in [-0.39, 0.29) is 18.2 Å². The molecule has 0 aliphatic carbocycles. The van der Waals surface area contributed by atoms with E-state index in [0.717, 1.165) is 17.0 Å². The lowest BCUT2D eigenvalue weighted by atomic mass is 10.2. The maximum Gasteiger partial charge on any atom is 0.315 e. The van der Waals surface area contributed by atoms with E-state index in [1.165, 1.54) is 0 Å². The van der Waals surface area contributed by atoms with E-state index >= 15 is 0 Å². The number of carbonyl (C=O) groups is 1. The summed E-state index contributed by atoms with van der Waals surface area (Å²) in [6, 6.07) is 9.23. The average molecular weight is 316 g/mol. The van der Waals surface area contributed by atoms with Crippen molar-refractivity contribution >= 4 is 6.03 Å². The van der Waals surface area contributed by atoms with Gasteiger partial charge in [0.2, 0.25) is 0 Å². The van der Waals surface area contributed by atoms with Crippen molar-refractivity contribution in [1.29, 1.82) is 0 Å². The van der Waals surface area contributed by atoms with Crippen LogP contribution in [-0.2, 0) is 13.6 Å². The Kier molecular flexibility index (Phi) is 5.62. The first-order chi connectivity index (χ1) is 11.0. The summed E-state index contributed by atoms with van der Waals surface area (Å²) in [6.07, 6.45) is 1.63. The van der Waals surface area contributed by atoms with E-state index in [1.807, 2.05) is 58.2 Å². The molecule has 0 radical (unpaired) electrons. The molecule has 0 fully saturated rings. The minimum Gasteiger partial charge on any atom is -0.489 e. The minimum atomic E-state index is -0.218. The zero-order valence-corrected chi connectivity index (χ0v) is 14.0. The van der Waals surface area contributed by atoms with E-state index in [4.69, 9.17) is 4.74 Å². The summed E-state index contributed by atoms with van der Waals surface area (Å²) in [4.78, 5) is 12.0. The smallest absolute Gasteiger partial charge is 0.315 e. The van der Waals surface area contributed by atoms with Gasteiger partial charge in [-0.1, -0.05) is 18.2 Å². The molecule has 2 N–H and O–H groups in total. The summed E-state index contributed by atoms with van der Waals surface area (Å²) in [7, 11) is 1.88. The molecule has 0 aliphatic rings. The number of hydrogen-bond donors (Lipinski definition) is 2. The summed E-state index contributed by atoms with van der Waals surface area (Å²) < 4.78 is 7.59. The van der Waals surface area contributed by atoms with Crippen LogP contribution in [0.4, 0.5) is 4.79 Å². The standard InChI is InChI=1S/C17H24N4O2/c1-12(14(3)23-16-8-6-5-7-9-16)20-17(22)18-10-15-11-19-21(4)13(15)2/h5-9,11-12,14H,10H2,1-4H3,(H2,18,20,22). The van der Waals surface area contributed by atoms with Crippen LogP contribution in [0, 0.1) is 6.92 Å². The van der Waals surface area contributed by atoms with Crippen molar-refractivity contribution < 1.29 is 9.53 Å². The monoisotopic (exact) mass is 316 g/mol. The zero-order valence-electron chi connectivity index (χ0n) is 14.0. The van der Waals surface area contributed by atoms with Crippen LogP contribution in [0.5, 0.6) is 5.75 Å². The Bertz CT molecular complexity index is 639. The Labute approximate surface area is 136 Å². The summed E-state index contributed by atoms with van der Waals surface area (Å²) in [5, 5.41) is 9.89. The third kappa shape index (κ3) is 4.74. The molecule has 1 heterocycles. The molecule has 0 aliphatic heterocycles. The van der Waals surface area contributed by atoms with Gasteiger partial charge in [0, 0.05) is 24.8 Å². The van der Waals surface area contributed by atoms with Gasteiger partial charge in [-0.2, -0.15) is 5.10 Å². The first-order valence-corrected chi connectivity index (χ1v) is 7.71. The molecule has 2 aromatic rings. The summed E-state index contributed by atoms with van der Waals surface area (Å²) in [6.45, 7) is 6.28. The molecular formula is C17H24N4O2. The Balaban J connectivity index is 1.78. The molecule has 23 heavy (non-hydrogen) atoms. The topological polar surface area (TPSA) is 68.2 Å². The van der Waals surface area contributed by atoms with E-state index in [0.29, 0.717) is 6.54 Å². The van der Waals surface area contributed by atoms with Crippen molar-refractivity contribution in [3.63, 3.8) is 0 Å². The summed E-state index contributed by atoms with van der Waals surface area (Å²) in [5.41, 5.74) is 2.04. The quantitative estimate of drug-likeness (QED) is 0.860. The number of nitrogens with zero attached hydrogens (tertiary/aromatic N) is 2. The number of ether oxygens (including phenoxy) is 1. The number of hydrogen-bond acceptors (Lipinski definition) is 3. The second kappa shape index (κ2) is 7.67. The number of aryl methyl sites for hydroxylation is 1. The molecule has 2 unspecified atom stereocenters. The van der Waals surface area contributed by atoms with Gasteiger partial charge in [0.05, 0.1) is 12.2 Å². The molecule has 2 amide bonds. The highest BCUT2D eigenvalue weighted by Gasteiger charge is 2.16. The third-order valence-electron chi connectivity index (χ3n) is 3.90. The molecule has 2 rings (SSSR count). The SMILES string of the molecule is Cc1c(CNC(=O)NC(C)C(C)Oc2ccccc2)cnn1C. The highest BCUT2D eigenvalue weighted by Crippen LogP contribution is 2.12. The molecule has 1 aromatic carbocycles. The number of urea groups is 1. The van der Waals surface area contributed by atoms with Crippen LogP contribution in [0.1, 0.15) is 25.1 Å². The van der Waals surface area contributed by atoms with Crippen LogP contribution in [0.3, 0.4) is 0 Å². The normalized spacial score (nSPS) is 13.2. The second-order valence-corrected chi connectivity index (χ2v) is 5.63. The van der Waals surface area contributed by atoms with Crippen molar-refractivity contribution in [2.45, 2.75) is 39.5 Å². The van der Waals surface area contributed by atoms with Gasteiger partial charge in [-0.05, 0) is 32.9 Å². The molecule has 1 aromatic heterocycles. The van der Waals surface area contributed by atoms with Crippen LogP contribution in [0.25, 0.3) is 0 Å². The van der Waals surface area contributed by atoms with Gasteiger partial charge in [0.25, 0.3) is 0 Å². The predicted octanol–water partition coefficient (Wildman–Crippen LogP) is 2.38. The maximum atomic E-state index is 12.0. The van der Waals surface area contributed by atoms with Crippen molar-refractivity contribution in [3.8, 4) is 5.75 Å². The number of amides is 2. The lowest BCUT2D eigenvalue weighted by Crippen LogP contribution is -2.46. The second-order valence-electron chi connectivity index (χ2n) is 5.63. The van der Waals surface area contributed by atoms with E-state index in [2.05, 4.69) is 15.7 Å². The molecule has 6 heteroatoms. The zero-order chi connectivity index (χ0) is 16.8. The van der Waals surface area contributed by atoms with Crippen molar-refractivity contribution in [3.05, 3.63) is 47.8 Å². The largest absolute Gasteiger partial charge is 0.489 e. The molecule has 0 saturated heterocycles. The Morgan fingerprint density at radius 2 is 2.00 bits per heavy atom. The van der Waals surface area contributed by atoms with Gasteiger partial charge in [0.15, 0.2) is 0 Å². The van der Waals surface area contributed by atoms with Gasteiger partial charge in [-0.3, -0.25) is 4.68 Å². The lowest BCUT2D eigenvalue weighted by Gasteiger charge is -2.22. The van der Waals surface area contributed by atoms with Crippen molar-refractivity contribution in [1.82, 2.24) is 20.4 Å². The van der Waals surface area contributed by atoms with Gasteiger partial charge < -0.3 is 15.4 Å². The maximum absolute atomic E-state index is 12.0. The van der Waals surface area contributed by atoms with Gasteiger partial charge >= 0.3 is 6.03 Å². The first-order valence-electron chi connectivity index (χ1n) is 7.71. The molecule has 6 nitrogen and oxygen atoms in total. The summed E-state index contributed by atoms with van der Waals surface area (Å²) >= 11 is 0. The van der Waals surface area contributed by atoms with Crippen LogP contribution >= 0.6 is 0 Å². The minimum absolute atomic E-state index is 0.120. The molecule has 0 spiro atoms. The number of nitrogens with one attached hydrogen (secondary N) is 2.